The average molecular weight is 134 g/mol. The van der Waals surface area contributed by atoms with E-state index in [4.69, 9.17) is 0 Å². The van der Waals surface area contributed by atoms with E-state index >= 15 is 0 Å². The summed E-state index contributed by atoms with van der Waals surface area (Å²) in [5, 5.41) is 0. The highest BCUT2D eigenvalue weighted by molar-refractivity contribution is 5.70. The maximum atomic E-state index is 12.5. The number of rotatable bonds is 2. The first-order valence-corrected chi connectivity index (χ1v) is 2.71. The lowest BCUT2D eigenvalue weighted by atomic mass is 10.1. The lowest BCUT2D eigenvalue weighted by Gasteiger charge is -2.10. The molecule has 0 saturated carbocycles. The molecule has 0 N–H and O–H groups in total. The molecule has 0 aliphatic rings. The van der Waals surface area contributed by atoms with Crippen molar-refractivity contribution in [3.8, 4) is 0 Å². The monoisotopic (exact) mass is 134 g/mol. The molecule has 0 atom stereocenters. The molecule has 2 nitrogen and oxygen atoms in total. The summed E-state index contributed by atoms with van der Waals surface area (Å²) in [5.41, 5.74) is -1.45. The third-order valence-corrected chi connectivity index (χ3v) is 0.792. The summed E-state index contributed by atoms with van der Waals surface area (Å²) in [4.78, 5) is 10.4. The summed E-state index contributed by atoms with van der Waals surface area (Å²) in [6, 6.07) is 0. The second-order valence-electron chi connectivity index (χ2n) is 2.47. The fourth-order valence-corrected chi connectivity index (χ4v) is 0.415. The first kappa shape index (κ1) is 8.40. The van der Waals surface area contributed by atoms with Gasteiger partial charge in [-0.25, -0.2) is 4.39 Å². The van der Waals surface area contributed by atoms with Crippen LogP contribution in [0.5, 0.6) is 0 Å². The van der Waals surface area contributed by atoms with E-state index in [0.29, 0.717) is 0 Å². The summed E-state index contributed by atoms with van der Waals surface area (Å²) < 4.78 is 16.8. The molecule has 0 rings (SSSR count). The van der Waals surface area contributed by atoms with Gasteiger partial charge in [0.05, 0.1) is 13.5 Å². The normalized spacial score (nSPS) is 11.1. The van der Waals surface area contributed by atoms with E-state index in [-0.39, 0.29) is 6.42 Å². The molecule has 0 fully saturated rings. The van der Waals surface area contributed by atoms with Crippen LogP contribution in [0.2, 0.25) is 0 Å². The van der Waals surface area contributed by atoms with Crippen LogP contribution in [0.25, 0.3) is 0 Å². The van der Waals surface area contributed by atoms with Gasteiger partial charge in [-0.3, -0.25) is 4.79 Å². The Hall–Kier alpha value is -0.600. The Bertz CT molecular complexity index is 104. The molecule has 0 radical (unpaired) electrons. The minimum atomic E-state index is -1.45. The van der Waals surface area contributed by atoms with Crippen LogP contribution in [0.4, 0.5) is 4.39 Å². The zero-order chi connectivity index (χ0) is 7.49. The Balaban J connectivity index is 3.60. The quantitative estimate of drug-likeness (QED) is 0.532. The van der Waals surface area contributed by atoms with Crippen molar-refractivity contribution in [1.82, 2.24) is 0 Å². The van der Waals surface area contributed by atoms with Crippen molar-refractivity contribution in [1.29, 1.82) is 0 Å². The van der Waals surface area contributed by atoms with Gasteiger partial charge in [0.25, 0.3) is 0 Å². The Labute approximate surface area is 54.0 Å². The van der Waals surface area contributed by atoms with Crippen molar-refractivity contribution in [3.05, 3.63) is 0 Å². The zero-order valence-corrected chi connectivity index (χ0v) is 5.90. The minimum absolute atomic E-state index is 0.177. The summed E-state index contributed by atoms with van der Waals surface area (Å²) in [7, 11) is 1.24. The highest BCUT2D eigenvalue weighted by Crippen LogP contribution is 2.13. The number of methoxy groups -OCH3 is 1. The average Bonchev–Trinajstić information content (AvgIpc) is 1.62. The number of carbonyl (C=O) groups is 1. The second-order valence-corrected chi connectivity index (χ2v) is 2.47. The predicted molar refractivity (Wildman–Crippen MR) is 31.8 cm³/mol. The number of ether oxygens (including phenoxy) is 1. The molecule has 0 aliphatic carbocycles. The summed E-state index contributed by atoms with van der Waals surface area (Å²) >= 11 is 0. The smallest absolute Gasteiger partial charge is 0.308 e. The van der Waals surface area contributed by atoms with Crippen molar-refractivity contribution in [2.24, 2.45) is 0 Å². The van der Waals surface area contributed by atoms with Crippen molar-refractivity contribution in [2.75, 3.05) is 7.11 Å². The maximum Gasteiger partial charge on any atom is 0.308 e. The number of halogens is 1. The number of hydrogen-bond donors (Lipinski definition) is 0. The van der Waals surface area contributed by atoms with Gasteiger partial charge < -0.3 is 4.74 Å². The minimum Gasteiger partial charge on any atom is -0.469 e. The molecule has 9 heavy (non-hydrogen) atoms. The fraction of sp³-hybridized carbons (Fsp3) is 0.833. The van der Waals surface area contributed by atoms with Crippen LogP contribution in [0.1, 0.15) is 20.3 Å². The molecule has 0 bridgehead atoms. The molecule has 0 unspecified atom stereocenters. The SMILES string of the molecule is COC(=O)CC(C)(C)F. The van der Waals surface area contributed by atoms with Crippen LogP contribution < -0.4 is 0 Å². The van der Waals surface area contributed by atoms with Crippen LogP contribution in [0.15, 0.2) is 0 Å². The highest BCUT2D eigenvalue weighted by atomic mass is 19.1. The van der Waals surface area contributed by atoms with E-state index < -0.39 is 11.6 Å². The standard InChI is InChI=1S/C6H11FO2/c1-6(2,7)4-5(8)9-3/h4H2,1-3H3. The van der Waals surface area contributed by atoms with Crippen LogP contribution in [-0.4, -0.2) is 18.7 Å². The molecule has 3 heteroatoms. The lowest BCUT2D eigenvalue weighted by Crippen LogP contribution is -2.18. The first-order chi connectivity index (χ1) is 3.95. The maximum absolute atomic E-state index is 12.5. The topological polar surface area (TPSA) is 26.3 Å². The lowest BCUT2D eigenvalue weighted by molar-refractivity contribution is -0.143. The molecular formula is C6H11FO2. The molecule has 0 saturated heterocycles. The van der Waals surface area contributed by atoms with Crippen molar-refractivity contribution < 1.29 is 13.9 Å². The van der Waals surface area contributed by atoms with Crippen molar-refractivity contribution in [3.63, 3.8) is 0 Å². The summed E-state index contributed by atoms with van der Waals surface area (Å²) in [5.74, 6) is -0.512. The van der Waals surface area contributed by atoms with Gasteiger partial charge in [-0.1, -0.05) is 0 Å². The van der Waals surface area contributed by atoms with E-state index in [1.165, 1.54) is 21.0 Å². The van der Waals surface area contributed by atoms with Gasteiger partial charge in [0.15, 0.2) is 0 Å². The van der Waals surface area contributed by atoms with Crippen LogP contribution in [0.3, 0.4) is 0 Å². The third-order valence-electron chi connectivity index (χ3n) is 0.792. The van der Waals surface area contributed by atoms with Crippen molar-refractivity contribution in [2.45, 2.75) is 25.9 Å². The van der Waals surface area contributed by atoms with E-state index in [0.717, 1.165) is 0 Å². The van der Waals surface area contributed by atoms with E-state index in [1.807, 2.05) is 0 Å². The van der Waals surface area contributed by atoms with Crippen LogP contribution in [-0.2, 0) is 9.53 Å². The zero-order valence-electron chi connectivity index (χ0n) is 5.90. The second kappa shape index (κ2) is 2.80. The first-order valence-electron chi connectivity index (χ1n) is 2.71. The molecule has 54 valence electrons. The number of hydrogen-bond acceptors (Lipinski definition) is 2. The number of carbonyl (C=O) groups excluding carboxylic acids is 1. The van der Waals surface area contributed by atoms with Crippen LogP contribution in [0, 0.1) is 0 Å². The molecule has 0 amide bonds. The van der Waals surface area contributed by atoms with E-state index in [9.17, 15) is 9.18 Å². The van der Waals surface area contributed by atoms with E-state index in [1.54, 1.807) is 0 Å². The molecule has 0 aliphatic heterocycles. The Kier molecular flexibility index (Phi) is 2.62. The molecule has 0 aromatic carbocycles. The molecule has 0 heterocycles. The molecule has 0 aromatic heterocycles. The highest BCUT2D eigenvalue weighted by Gasteiger charge is 2.20. The Morgan fingerprint density at radius 1 is 1.67 bits per heavy atom. The van der Waals surface area contributed by atoms with Gasteiger partial charge in [0, 0.05) is 0 Å². The van der Waals surface area contributed by atoms with Crippen molar-refractivity contribution >= 4 is 5.97 Å². The molecule has 0 aromatic rings. The van der Waals surface area contributed by atoms with Gasteiger partial charge in [-0.2, -0.15) is 0 Å². The summed E-state index contributed by atoms with van der Waals surface area (Å²) in [6.07, 6.45) is -0.177. The molecule has 0 spiro atoms. The van der Waals surface area contributed by atoms with Gasteiger partial charge in [-0.15, -0.1) is 0 Å². The predicted octanol–water partition coefficient (Wildman–Crippen LogP) is 1.30. The Morgan fingerprint density at radius 2 is 2.11 bits per heavy atom. The number of esters is 1. The van der Waals surface area contributed by atoms with Gasteiger partial charge in [0.2, 0.25) is 0 Å². The Morgan fingerprint density at radius 3 is 2.22 bits per heavy atom. The van der Waals surface area contributed by atoms with Gasteiger partial charge in [-0.05, 0) is 13.8 Å². The summed E-state index contributed by atoms with van der Waals surface area (Å²) in [6.45, 7) is 2.67. The van der Waals surface area contributed by atoms with E-state index in [2.05, 4.69) is 4.74 Å². The van der Waals surface area contributed by atoms with Gasteiger partial charge >= 0.3 is 5.97 Å². The largest absolute Gasteiger partial charge is 0.469 e. The number of alkyl halides is 1. The third kappa shape index (κ3) is 5.27. The molecular weight excluding hydrogens is 123 g/mol. The van der Waals surface area contributed by atoms with Crippen LogP contribution >= 0.6 is 0 Å². The fourth-order valence-electron chi connectivity index (χ4n) is 0.415. The van der Waals surface area contributed by atoms with Gasteiger partial charge in [0.1, 0.15) is 5.67 Å².